The molecule has 7 heteroatoms. The molecule has 0 unspecified atom stereocenters. The molecule has 1 aromatic rings. The molecule has 0 amide bonds. The number of hydrogen-bond donors (Lipinski definition) is 1. The summed E-state index contributed by atoms with van der Waals surface area (Å²) < 4.78 is 0.0641. The highest BCUT2D eigenvalue weighted by molar-refractivity contribution is 9.10. The number of nitrogen functional groups attached to an aromatic ring is 1. The Morgan fingerprint density at radius 3 is 2.69 bits per heavy atom. The molecule has 0 aliphatic carbocycles. The van der Waals surface area contributed by atoms with Crippen molar-refractivity contribution in [2.75, 3.05) is 5.73 Å². The number of nitrogens with zero attached hydrogens (tertiary/aromatic N) is 3. The minimum Gasteiger partial charge on any atom is -0.358 e. The summed E-state index contributed by atoms with van der Waals surface area (Å²) in [6.07, 6.45) is 5.04. The molecule has 0 spiro atoms. The fourth-order valence-electron chi connectivity index (χ4n) is 0.669. The van der Waals surface area contributed by atoms with E-state index in [4.69, 9.17) is 12.2 Å². The number of anilines is 1. The number of rotatable bonds is 1. The van der Waals surface area contributed by atoms with Crippen molar-refractivity contribution in [3.05, 3.63) is 20.3 Å². The summed E-state index contributed by atoms with van der Waals surface area (Å²) in [5, 5.41) is 10.4. The Labute approximate surface area is 81.5 Å². The zero-order chi connectivity index (χ0) is 10.0. The number of terminal acetylenes is 1. The minimum atomic E-state index is -0.692. The van der Waals surface area contributed by atoms with Crippen molar-refractivity contribution < 1.29 is 4.92 Å². The molecule has 2 N–H and O–H groups in total. The number of nitrogens with two attached hydrogens (primary N) is 1. The third-order valence-electron chi connectivity index (χ3n) is 1.16. The maximum atomic E-state index is 10.4. The van der Waals surface area contributed by atoms with Gasteiger partial charge in [-0.05, 0) is 26.8 Å². The van der Waals surface area contributed by atoms with Crippen LogP contribution in [0.4, 0.5) is 11.8 Å². The summed E-state index contributed by atoms with van der Waals surface area (Å²) in [7, 11) is 0. The van der Waals surface area contributed by atoms with E-state index in [0.29, 0.717) is 0 Å². The number of hydrogen-bond acceptors (Lipinski definition) is 5. The molecular formula is C6H3BrN4O2. The fraction of sp³-hybridized carbons (Fsp3) is 0. The van der Waals surface area contributed by atoms with Gasteiger partial charge in [-0.3, -0.25) is 0 Å². The van der Waals surface area contributed by atoms with Crippen molar-refractivity contribution in [3.63, 3.8) is 0 Å². The maximum absolute atomic E-state index is 10.4. The van der Waals surface area contributed by atoms with Gasteiger partial charge in [-0.2, -0.15) is 4.98 Å². The quantitative estimate of drug-likeness (QED) is 0.445. The van der Waals surface area contributed by atoms with Crippen LogP contribution in [-0.2, 0) is 0 Å². The maximum Gasteiger partial charge on any atom is 0.384 e. The number of halogens is 1. The SMILES string of the molecule is C#Cc1nc(N)nc([N+](=O)[O-])c1Br. The smallest absolute Gasteiger partial charge is 0.358 e. The van der Waals surface area contributed by atoms with Gasteiger partial charge >= 0.3 is 11.8 Å². The molecule has 1 aromatic heterocycles. The molecule has 0 saturated carbocycles. The van der Waals surface area contributed by atoms with Crippen molar-refractivity contribution >= 4 is 27.7 Å². The van der Waals surface area contributed by atoms with E-state index in [-0.39, 0.29) is 16.1 Å². The van der Waals surface area contributed by atoms with Gasteiger partial charge in [0.1, 0.15) is 10.2 Å². The minimum absolute atomic E-state index is 0.0641. The molecule has 66 valence electrons. The summed E-state index contributed by atoms with van der Waals surface area (Å²) in [5.74, 6) is 1.50. The summed E-state index contributed by atoms with van der Waals surface area (Å²) >= 11 is 2.91. The summed E-state index contributed by atoms with van der Waals surface area (Å²) in [6, 6.07) is 0. The van der Waals surface area contributed by atoms with Crippen LogP contribution < -0.4 is 5.73 Å². The van der Waals surface area contributed by atoms with Gasteiger partial charge in [0.05, 0.1) is 0 Å². The lowest BCUT2D eigenvalue weighted by molar-refractivity contribution is -0.390. The summed E-state index contributed by atoms with van der Waals surface area (Å²) in [4.78, 5) is 16.7. The Morgan fingerprint density at radius 1 is 1.62 bits per heavy atom. The number of nitro groups is 1. The van der Waals surface area contributed by atoms with Crippen molar-refractivity contribution in [1.29, 1.82) is 0 Å². The van der Waals surface area contributed by atoms with Crippen LogP contribution in [0.15, 0.2) is 4.47 Å². The lowest BCUT2D eigenvalue weighted by Crippen LogP contribution is -2.03. The second kappa shape index (κ2) is 3.37. The van der Waals surface area contributed by atoms with Crippen molar-refractivity contribution in [2.24, 2.45) is 0 Å². The summed E-state index contributed by atoms with van der Waals surface area (Å²) in [5.41, 5.74) is 5.27. The van der Waals surface area contributed by atoms with Crippen LogP contribution in [0.1, 0.15) is 5.69 Å². The molecule has 1 heterocycles. The lowest BCUT2D eigenvalue weighted by Gasteiger charge is -1.97. The second-order valence-corrected chi connectivity index (χ2v) is 2.76. The average molecular weight is 243 g/mol. The predicted molar refractivity (Wildman–Crippen MR) is 48.7 cm³/mol. The number of aromatic nitrogens is 2. The predicted octanol–water partition coefficient (Wildman–Crippen LogP) is 0.711. The third kappa shape index (κ3) is 1.73. The molecule has 0 bridgehead atoms. The van der Waals surface area contributed by atoms with E-state index < -0.39 is 10.7 Å². The van der Waals surface area contributed by atoms with E-state index in [1.807, 2.05) is 0 Å². The highest BCUT2D eigenvalue weighted by Gasteiger charge is 2.19. The van der Waals surface area contributed by atoms with Crippen molar-refractivity contribution in [1.82, 2.24) is 9.97 Å². The molecule has 6 nitrogen and oxygen atoms in total. The van der Waals surface area contributed by atoms with Gasteiger partial charge < -0.3 is 15.8 Å². The normalized spacial score (nSPS) is 9.23. The van der Waals surface area contributed by atoms with Gasteiger partial charge in [0.25, 0.3) is 0 Å². The van der Waals surface area contributed by atoms with Gasteiger partial charge in [0.15, 0.2) is 0 Å². The molecule has 0 fully saturated rings. The van der Waals surface area contributed by atoms with Crippen molar-refractivity contribution in [2.45, 2.75) is 0 Å². The van der Waals surface area contributed by atoms with Gasteiger partial charge in [-0.25, -0.2) is 0 Å². The van der Waals surface area contributed by atoms with Crippen LogP contribution >= 0.6 is 15.9 Å². The summed E-state index contributed by atoms with van der Waals surface area (Å²) in [6.45, 7) is 0. The molecule has 1 rings (SSSR count). The van der Waals surface area contributed by atoms with Crippen LogP contribution in [0.2, 0.25) is 0 Å². The molecule has 13 heavy (non-hydrogen) atoms. The third-order valence-corrected chi connectivity index (χ3v) is 1.89. The van der Waals surface area contributed by atoms with Crippen LogP contribution in [-0.4, -0.2) is 14.9 Å². The monoisotopic (exact) mass is 242 g/mol. The molecule has 0 aromatic carbocycles. The van der Waals surface area contributed by atoms with Crippen LogP contribution in [0.5, 0.6) is 0 Å². The van der Waals surface area contributed by atoms with Gasteiger partial charge in [-0.15, -0.1) is 6.42 Å². The fourth-order valence-corrected chi connectivity index (χ4v) is 1.11. The van der Waals surface area contributed by atoms with Gasteiger partial charge in [-0.1, -0.05) is 0 Å². The first-order valence-electron chi connectivity index (χ1n) is 3.00. The average Bonchev–Trinajstić information content (AvgIpc) is 2.08. The first-order chi connectivity index (χ1) is 6.06. The largest absolute Gasteiger partial charge is 0.384 e. The second-order valence-electron chi connectivity index (χ2n) is 1.97. The van der Waals surface area contributed by atoms with Crippen LogP contribution in [0.25, 0.3) is 0 Å². The molecule has 0 radical (unpaired) electrons. The van der Waals surface area contributed by atoms with Crippen LogP contribution in [0, 0.1) is 22.5 Å². The van der Waals surface area contributed by atoms with E-state index in [0.717, 1.165) is 0 Å². The molecule has 0 aliphatic rings. The Balaban J connectivity index is 3.47. The first-order valence-corrected chi connectivity index (χ1v) is 3.79. The van der Waals surface area contributed by atoms with Gasteiger partial charge in [0.2, 0.25) is 0 Å². The lowest BCUT2D eigenvalue weighted by atomic mass is 10.4. The van der Waals surface area contributed by atoms with E-state index >= 15 is 0 Å². The highest BCUT2D eigenvalue weighted by atomic mass is 79.9. The Bertz CT molecular complexity index is 412. The van der Waals surface area contributed by atoms with Crippen molar-refractivity contribution in [3.8, 4) is 12.3 Å². The zero-order valence-corrected chi connectivity index (χ0v) is 7.78. The molecule has 0 aliphatic heterocycles. The Hall–Kier alpha value is -1.68. The van der Waals surface area contributed by atoms with E-state index in [2.05, 4.69) is 31.8 Å². The molecular weight excluding hydrogens is 240 g/mol. The van der Waals surface area contributed by atoms with E-state index in [1.54, 1.807) is 0 Å². The Kier molecular flexibility index (Phi) is 2.44. The highest BCUT2D eigenvalue weighted by Crippen LogP contribution is 2.25. The van der Waals surface area contributed by atoms with Crippen LogP contribution in [0.3, 0.4) is 0 Å². The first kappa shape index (κ1) is 9.41. The van der Waals surface area contributed by atoms with Gasteiger partial charge in [0, 0.05) is 4.98 Å². The Morgan fingerprint density at radius 2 is 2.23 bits per heavy atom. The topological polar surface area (TPSA) is 94.9 Å². The molecule has 0 saturated heterocycles. The zero-order valence-electron chi connectivity index (χ0n) is 6.19. The van der Waals surface area contributed by atoms with E-state index in [9.17, 15) is 10.1 Å². The molecule has 0 atom stereocenters. The standard InChI is InChI=1S/C6H3BrN4O2/c1-2-3-4(7)5(11(12)13)10-6(8)9-3/h1H,(H2,8,9,10). The van der Waals surface area contributed by atoms with E-state index in [1.165, 1.54) is 0 Å².